The summed E-state index contributed by atoms with van der Waals surface area (Å²) in [5.41, 5.74) is 3.89. The Morgan fingerprint density at radius 3 is 2.79 bits per heavy atom. The van der Waals surface area contributed by atoms with Crippen LogP contribution >= 0.6 is 11.3 Å². The van der Waals surface area contributed by atoms with Crippen LogP contribution in [0.5, 0.6) is 0 Å². The van der Waals surface area contributed by atoms with Crippen molar-refractivity contribution in [2.24, 2.45) is 11.3 Å². The van der Waals surface area contributed by atoms with Crippen LogP contribution in [0.1, 0.15) is 50.5 Å². The van der Waals surface area contributed by atoms with Crippen molar-refractivity contribution < 1.29 is 12.8 Å². The molecule has 1 aliphatic carbocycles. The van der Waals surface area contributed by atoms with Crippen LogP contribution in [0.4, 0.5) is 5.69 Å². The molecule has 150 valence electrons. The van der Waals surface area contributed by atoms with Crippen molar-refractivity contribution in [3.63, 3.8) is 0 Å². The number of anilines is 1. The van der Waals surface area contributed by atoms with Gasteiger partial charge >= 0.3 is 0 Å². The summed E-state index contributed by atoms with van der Waals surface area (Å²) in [6.45, 7) is 8.85. The van der Waals surface area contributed by atoms with Gasteiger partial charge in [0.15, 0.2) is 0 Å². The van der Waals surface area contributed by atoms with E-state index >= 15 is 0 Å². The fourth-order valence-corrected chi connectivity index (χ4v) is 6.22. The average molecular weight is 418 g/mol. The molecule has 0 amide bonds. The van der Waals surface area contributed by atoms with Gasteiger partial charge in [0.25, 0.3) is 10.0 Å². The molecular formula is C22H27NO3S2. The van der Waals surface area contributed by atoms with Crippen molar-refractivity contribution in [1.82, 2.24) is 0 Å². The average Bonchev–Trinajstić information content (AvgIpc) is 3.30. The molecule has 28 heavy (non-hydrogen) atoms. The van der Waals surface area contributed by atoms with Gasteiger partial charge in [-0.1, -0.05) is 33.3 Å². The first-order chi connectivity index (χ1) is 13.2. The summed E-state index contributed by atoms with van der Waals surface area (Å²) in [5.74, 6) is 1.68. The Morgan fingerprint density at radius 1 is 1.32 bits per heavy atom. The number of thiophene rings is 1. The molecule has 0 spiro atoms. The number of aryl methyl sites for hydroxylation is 2. The number of nitrogens with one attached hydrogen (secondary N) is 1. The van der Waals surface area contributed by atoms with Gasteiger partial charge in [-0.25, -0.2) is 8.42 Å². The van der Waals surface area contributed by atoms with Crippen LogP contribution in [-0.4, -0.2) is 8.42 Å². The molecule has 0 bridgehead atoms. The Labute approximate surface area is 171 Å². The maximum absolute atomic E-state index is 12.7. The Balaban J connectivity index is 1.74. The minimum atomic E-state index is -3.57. The van der Waals surface area contributed by atoms with Crippen molar-refractivity contribution in [3.05, 3.63) is 46.5 Å². The van der Waals surface area contributed by atoms with E-state index in [0.29, 0.717) is 15.8 Å². The fraction of sp³-hybridized carbons (Fsp3) is 0.455. The van der Waals surface area contributed by atoms with Gasteiger partial charge in [-0.05, 0) is 60.2 Å². The molecule has 0 fully saturated rings. The number of hydrogen-bond donors (Lipinski definition) is 1. The highest BCUT2D eigenvalue weighted by Crippen LogP contribution is 2.43. The summed E-state index contributed by atoms with van der Waals surface area (Å²) in [4.78, 5) is 0. The predicted octanol–water partition coefficient (Wildman–Crippen LogP) is 6.14. The predicted molar refractivity (Wildman–Crippen MR) is 116 cm³/mol. The Morgan fingerprint density at radius 2 is 2.11 bits per heavy atom. The molecule has 0 saturated heterocycles. The van der Waals surface area contributed by atoms with Crippen LogP contribution in [0.25, 0.3) is 11.0 Å². The lowest BCUT2D eigenvalue weighted by Crippen LogP contribution is -2.28. The first-order valence-electron chi connectivity index (χ1n) is 9.82. The van der Waals surface area contributed by atoms with E-state index < -0.39 is 10.0 Å². The quantitative estimate of drug-likeness (QED) is 0.542. The first kappa shape index (κ1) is 19.5. The third-order valence-electron chi connectivity index (χ3n) is 6.41. The van der Waals surface area contributed by atoms with Crippen molar-refractivity contribution in [2.75, 3.05) is 4.72 Å². The third kappa shape index (κ3) is 3.37. The zero-order valence-electron chi connectivity index (χ0n) is 16.8. The molecule has 1 atom stereocenters. The highest BCUT2D eigenvalue weighted by molar-refractivity contribution is 7.94. The molecule has 0 radical (unpaired) electrons. The Kier molecular flexibility index (Phi) is 4.82. The first-order valence-corrected chi connectivity index (χ1v) is 12.2. The number of rotatable bonds is 5. The molecule has 0 aliphatic heterocycles. The minimum Gasteiger partial charge on any atom is -0.461 e. The molecule has 0 saturated carbocycles. The summed E-state index contributed by atoms with van der Waals surface area (Å²) in [7, 11) is -3.57. The van der Waals surface area contributed by atoms with Gasteiger partial charge < -0.3 is 4.42 Å². The lowest BCUT2D eigenvalue weighted by molar-refractivity contribution is 0.179. The number of furan rings is 1. The molecule has 4 rings (SSSR count). The molecule has 1 aromatic carbocycles. The van der Waals surface area contributed by atoms with Crippen LogP contribution in [0, 0.1) is 18.3 Å². The van der Waals surface area contributed by atoms with E-state index in [9.17, 15) is 8.42 Å². The summed E-state index contributed by atoms with van der Waals surface area (Å²) < 4.78 is 34.6. The van der Waals surface area contributed by atoms with Gasteiger partial charge in [0.05, 0.1) is 5.69 Å². The Bertz CT molecular complexity index is 1110. The van der Waals surface area contributed by atoms with Crippen molar-refractivity contribution in [2.45, 2.75) is 57.6 Å². The maximum Gasteiger partial charge on any atom is 0.271 e. The number of benzene rings is 1. The van der Waals surface area contributed by atoms with Crippen LogP contribution in [0.15, 0.2) is 38.3 Å². The van der Waals surface area contributed by atoms with E-state index in [1.165, 1.54) is 16.9 Å². The van der Waals surface area contributed by atoms with Crippen molar-refractivity contribution >= 4 is 38.0 Å². The summed E-state index contributed by atoms with van der Waals surface area (Å²) in [5, 5.41) is 2.81. The van der Waals surface area contributed by atoms with E-state index in [2.05, 4.69) is 25.5 Å². The molecule has 2 heterocycles. The van der Waals surface area contributed by atoms with Crippen molar-refractivity contribution in [1.29, 1.82) is 0 Å². The van der Waals surface area contributed by atoms with E-state index in [0.717, 1.165) is 48.0 Å². The molecule has 3 aromatic rings. The molecule has 1 aliphatic rings. The second-order valence-electron chi connectivity index (χ2n) is 8.49. The summed E-state index contributed by atoms with van der Waals surface area (Å²) >= 11 is 1.22. The molecule has 4 nitrogen and oxygen atoms in total. The fourth-order valence-electron chi connectivity index (χ4n) is 4.10. The van der Waals surface area contributed by atoms with Crippen LogP contribution in [0.3, 0.4) is 0 Å². The van der Waals surface area contributed by atoms with E-state index in [1.54, 1.807) is 17.5 Å². The second kappa shape index (κ2) is 6.92. The lowest BCUT2D eigenvalue weighted by Gasteiger charge is -2.36. The van der Waals surface area contributed by atoms with Gasteiger partial charge in [-0.15, -0.1) is 11.3 Å². The van der Waals surface area contributed by atoms with Crippen LogP contribution in [0.2, 0.25) is 0 Å². The largest absolute Gasteiger partial charge is 0.461 e. The van der Waals surface area contributed by atoms with Gasteiger partial charge in [0.1, 0.15) is 15.6 Å². The third-order valence-corrected chi connectivity index (χ3v) is 9.18. The number of hydrogen-bond acceptors (Lipinski definition) is 4. The summed E-state index contributed by atoms with van der Waals surface area (Å²) in [6, 6.07) is 7.29. The molecular weight excluding hydrogens is 390 g/mol. The minimum absolute atomic E-state index is 0.287. The zero-order chi connectivity index (χ0) is 20.1. The number of fused-ring (bicyclic) bond motifs is 3. The van der Waals surface area contributed by atoms with Crippen LogP contribution in [-0.2, 0) is 22.9 Å². The van der Waals surface area contributed by atoms with Gasteiger partial charge in [-0.3, -0.25) is 4.72 Å². The van der Waals surface area contributed by atoms with Gasteiger partial charge in [-0.2, -0.15) is 0 Å². The highest BCUT2D eigenvalue weighted by Gasteiger charge is 2.33. The van der Waals surface area contributed by atoms with Crippen molar-refractivity contribution in [3.8, 4) is 0 Å². The molecule has 2 aromatic heterocycles. The topological polar surface area (TPSA) is 59.3 Å². The SMILES string of the molecule is CCC(C)(C)[C@@H]1CCc2oc3cc(C)c(NS(=O)(=O)c4cccs4)cc3c2C1. The second-order valence-corrected chi connectivity index (χ2v) is 11.3. The van der Waals surface area contributed by atoms with E-state index in [4.69, 9.17) is 4.42 Å². The van der Waals surface area contributed by atoms with E-state index in [-0.39, 0.29) is 5.41 Å². The summed E-state index contributed by atoms with van der Waals surface area (Å²) in [6.07, 6.45) is 4.23. The van der Waals surface area contributed by atoms with Gasteiger partial charge in [0.2, 0.25) is 0 Å². The normalized spacial score (nSPS) is 17.6. The van der Waals surface area contributed by atoms with Gasteiger partial charge in [0, 0.05) is 17.4 Å². The lowest BCUT2D eigenvalue weighted by atomic mass is 9.69. The maximum atomic E-state index is 12.7. The molecule has 0 unspecified atom stereocenters. The highest BCUT2D eigenvalue weighted by atomic mass is 32.2. The standard InChI is InChI=1S/C22H27NO3S2/c1-5-22(3,4)15-8-9-19-16(12-15)17-13-18(14(2)11-20(17)26-19)23-28(24,25)21-7-6-10-27-21/h6-7,10-11,13,15,23H,5,8-9,12H2,1-4H3/t15-/m1/s1. The van der Waals surface area contributed by atoms with E-state index in [1.807, 2.05) is 19.1 Å². The Hall–Kier alpha value is -1.79. The zero-order valence-corrected chi connectivity index (χ0v) is 18.5. The van der Waals surface area contributed by atoms with Crippen LogP contribution < -0.4 is 4.72 Å². The molecule has 6 heteroatoms. The molecule has 1 N–H and O–H groups in total. The monoisotopic (exact) mass is 417 g/mol. The number of sulfonamides is 1. The smallest absolute Gasteiger partial charge is 0.271 e.